The van der Waals surface area contributed by atoms with Crippen molar-refractivity contribution in [1.82, 2.24) is 9.97 Å². The molecule has 0 atom stereocenters. The van der Waals surface area contributed by atoms with Gasteiger partial charge >= 0.3 is 0 Å². The summed E-state index contributed by atoms with van der Waals surface area (Å²) in [6.45, 7) is 4.23. The van der Waals surface area contributed by atoms with E-state index in [0.29, 0.717) is 0 Å². The van der Waals surface area contributed by atoms with E-state index in [4.69, 9.17) is 0 Å². The zero-order valence-electron chi connectivity index (χ0n) is 10.7. The summed E-state index contributed by atoms with van der Waals surface area (Å²) in [6.07, 6.45) is 2.05. The van der Waals surface area contributed by atoms with Crippen LogP contribution in [0.15, 0.2) is 24.4 Å². The fourth-order valence-corrected chi connectivity index (χ4v) is 2.96. The molecular formula is C14H15N3S. The molecule has 0 radical (unpaired) electrons. The molecule has 92 valence electrons. The predicted molar refractivity (Wildman–Crippen MR) is 78.4 cm³/mol. The van der Waals surface area contributed by atoms with Crippen LogP contribution in [-0.2, 0) is 0 Å². The van der Waals surface area contributed by atoms with E-state index < -0.39 is 0 Å². The highest BCUT2D eigenvalue weighted by Crippen LogP contribution is 2.34. The SMILES string of the molecule is CNc1nc(-c2c[nH]c3ccc(C)cc23)c(C)s1. The van der Waals surface area contributed by atoms with Crippen molar-refractivity contribution < 1.29 is 0 Å². The molecular weight excluding hydrogens is 242 g/mol. The summed E-state index contributed by atoms with van der Waals surface area (Å²) in [5.74, 6) is 0. The van der Waals surface area contributed by atoms with Crippen LogP contribution in [-0.4, -0.2) is 17.0 Å². The molecule has 2 aromatic heterocycles. The summed E-state index contributed by atoms with van der Waals surface area (Å²) in [6, 6.07) is 6.45. The molecule has 3 rings (SSSR count). The van der Waals surface area contributed by atoms with Gasteiger partial charge in [0.15, 0.2) is 5.13 Å². The van der Waals surface area contributed by atoms with Crippen LogP contribution in [0.25, 0.3) is 22.2 Å². The maximum absolute atomic E-state index is 4.64. The molecule has 2 N–H and O–H groups in total. The van der Waals surface area contributed by atoms with Gasteiger partial charge in [0.05, 0.1) is 5.69 Å². The van der Waals surface area contributed by atoms with Gasteiger partial charge in [0.1, 0.15) is 0 Å². The topological polar surface area (TPSA) is 40.7 Å². The molecule has 18 heavy (non-hydrogen) atoms. The Kier molecular flexibility index (Phi) is 2.59. The van der Waals surface area contributed by atoms with Crippen LogP contribution in [0.2, 0.25) is 0 Å². The van der Waals surface area contributed by atoms with Gasteiger partial charge in [-0.25, -0.2) is 4.98 Å². The highest BCUT2D eigenvalue weighted by molar-refractivity contribution is 7.16. The fraction of sp³-hybridized carbons (Fsp3) is 0.214. The third-order valence-corrected chi connectivity index (χ3v) is 4.09. The van der Waals surface area contributed by atoms with Crippen LogP contribution in [0.5, 0.6) is 0 Å². The first kappa shape index (κ1) is 11.3. The van der Waals surface area contributed by atoms with Crippen molar-refractivity contribution in [2.75, 3.05) is 12.4 Å². The van der Waals surface area contributed by atoms with Gasteiger partial charge in [-0.05, 0) is 26.0 Å². The van der Waals surface area contributed by atoms with Crippen LogP contribution < -0.4 is 5.32 Å². The Labute approximate surface area is 110 Å². The number of aromatic amines is 1. The molecule has 3 aromatic rings. The smallest absolute Gasteiger partial charge is 0.183 e. The van der Waals surface area contributed by atoms with E-state index in [9.17, 15) is 0 Å². The molecule has 3 nitrogen and oxygen atoms in total. The molecule has 0 bridgehead atoms. The number of aromatic nitrogens is 2. The summed E-state index contributed by atoms with van der Waals surface area (Å²) in [5, 5.41) is 5.31. The van der Waals surface area contributed by atoms with Gasteiger partial charge in [-0.3, -0.25) is 0 Å². The van der Waals surface area contributed by atoms with Crippen molar-refractivity contribution in [3.8, 4) is 11.3 Å². The minimum Gasteiger partial charge on any atom is -0.365 e. The second-order valence-corrected chi connectivity index (χ2v) is 5.63. The average molecular weight is 257 g/mol. The molecule has 0 aliphatic rings. The first-order chi connectivity index (χ1) is 8.69. The van der Waals surface area contributed by atoms with Gasteiger partial charge in [-0.2, -0.15) is 0 Å². The van der Waals surface area contributed by atoms with E-state index >= 15 is 0 Å². The Morgan fingerprint density at radius 3 is 2.83 bits per heavy atom. The zero-order valence-corrected chi connectivity index (χ0v) is 11.5. The molecule has 0 spiro atoms. The number of anilines is 1. The Balaban J connectivity index is 2.24. The maximum Gasteiger partial charge on any atom is 0.183 e. The highest BCUT2D eigenvalue weighted by Gasteiger charge is 2.13. The third-order valence-electron chi connectivity index (χ3n) is 3.10. The molecule has 0 amide bonds. The van der Waals surface area contributed by atoms with Gasteiger partial charge < -0.3 is 10.3 Å². The van der Waals surface area contributed by atoms with E-state index in [1.54, 1.807) is 11.3 Å². The molecule has 0 fully saturated rings. The number of aryl methyl sites for hydroxylation is 2. The summed E-state index contributed by atoms with van der Waals surface area (Å²) in [7, 11) is 1.90. The molecule has 0 saturated heterocycles. The number of benzene rings is 1. The van der Waals surface area contributed by atoms with E-state index in [2.05, 4.69) is 47.3 Å². The lowest BCUT2D eigenvalue weighted by Gasteiger charge is -1.98. The van der Waals surface area contributed by atoms with Crippen LogP contribution in [0.1, 0.15) is 10.4 Å². The van der Waals surface area contributed by atoms with Gasteiger partial charge in [-0.1, -0.05) is 11.6 Å². The summed E-state index contributed by atoms with van der Waals surface area (Å²) in [5.41, 5.74) is 4.68. The zero-order chi connectivity index (χ0) is 12.7. The number of hydrogen-bond donors (Lipinski definition) is 2. The van der Waals surface area contributed by atoms with Crippen molar-refractivity contribution in [2.45, 2.75) is 13.8 Å². The monoisotopic (exact) mass is 257 g/mol. The second-order valence-electron chi connectivity index (χ2n) is 4.43. The van der Waals surface area contributed by atoms with Gasteiger partial charge in [0.2, 0.25) is 0 Å². The van der Waals surface area contributed by atoms with Crippen molar-refractivity contribution in [2.24, 2.45) is 0 Å². The maximum atomic E-state index is 4.64. The molecule has 0 aliphatic carbocycles. The van der Waals surface area contributed by atoms with Crippen LogP contribution in [0.4, 0.5) is 5.13 Å². The summed E-state index contributed by atoms with van der Waals surface area (Å²) < 4.78 is 0. The number of hydrogen-bond acceptors (Lipinski definition) is 3. The van der Waals surface area contributed by atoms with E-state index in [-0.39, 0.29) is 0 Å². The first-order valence-corrected chi connectivity index (χ1v) is 6.74. The molecule has 1 aromatic carbocycles. The second kappa shape index (κ2) is 4.14. The quantitative estimate of drug-likeness (QED) is 0.729. The van der Waals surface area contributed by atoms with Crippen LogP contribution in [0.3, 0.4) is 0 Å². The number of rotatable bonds is 2. The van der Waals surface area contributed by atoms with Gasteiger partial charge in [0.25, 0.3) is 0 Å². The summed E-state index contributed by atoms with van der Waals surface area (Å²) in [4.78, 5) is 9.19. The Morgan fingerprint density at radius 1 is 1.28 bits per heavy atom. The van der Waals surface area contributed by atoms with E-state index in [0.717, 1.165) is 16.3 Å². The van der Waals surface area contributed by atoms with Gasteiger partial charge in [0, 0.05) is 34.6 Å². The normalized spacial score (nSPS) is 11.1. The van der Waals surface area contributed by atoms with E-state index in [1.165, 1.54) is 21.4 Å². The number of nitrogens with zero attached hydrogens (tertiary/aromatic N) is 1. The largest absolute Gasteiger partial charge is 0.365 e. The molecule has 2 heterocycles. The average Bonchev–Trinajstić information content (AvgIpc) is 2.92. The lowest BCUT2D eigenvalue weighted by atomic mass is 10.1. The van der Waals surface area contributed by atoms with E-state index in [1.807, 2.05) is 13.2 Å². The molecule has 4 heteroatoms. The lowest BCUT2D eigenvalue weighted by Crippen LogP contribution is -1.86. The van der Waals surface area contributed by atoms with Crippen molar-refractivity contribution in [1.29, 1.82) is 0 Å². The highest BCUT2D eigenvalue weighted by atomic mass is 32.1. The lowest BCUT2D eigenvalue weighted by molar-refractivity contribution is 1.34. The van der Waals surface area contributed by atoms with Crippen LogP contribution in [0, 0.1) is 13.8 Å². The third kappa shape index (κ3) is 1.69. The van der Waals surface area contributed by atoms with Crippen molar-refractivity contribution in [3.05, 3.63) is 34.8 Å². The Morgan fingerprint density at radius 2 is 2.11 bits per heavy atom. The molecule has 0 aliphatic heterocycles. The number of fused-ring (bicyclic) bond motifs is 1. The number of H-pyrrole nitrogens is 1. The number of nitrogens with one attached hydrogen (secondary N) is 2. The molecule has 0 unspecified atom stereocenters. The minimum absolute atomic E-state index is 0.963. The first-order valence-electron chi connectivity index (χ1n) is 5.92. The Hall–Kier alpha value is -1.81. The van der Waals surface area contributed by atoms with Gasteiger partial charge in [-0.15, -0.1) is 11.3 Å². The van der Waals surface area contributed by atoms with Crippen molar-refractivity contribution in [3.63, 3.8) is 0 Å². The molecule has 0 saturated carbocycles. The Bertz CT molecular complexity index is 709. The predicted octanol–water partition coefficient (Wildman–Crippen LogP) is 3.95. The standard InChI is InChI=1S/C14H15N3S/c1-8-4-5-12-10(6-8)11(7-16-12)13-9(2)18-14(15-3)17-13/h4-7,16H,1-3H3,(H,15,17). The fourth-order valence-electron chi connectivity index (χ4n) is 2.18. The summed E-state index contributed by atoms with van der Waals surface area (Å²) >= 11 is 1.69. The van der Waals surface area contributed by atoms with Crippen LogP contribution >= 0.6 is 11.3 Å². The number of thiazole rings is 1. The van der Waals surface area contributed by atoms with Crippen molar-refractivity contribution >= 4 is 27.4 Å². The minimum atomic E-state index is 0.963.